The molecule has 1 aliphatic carbocycles. The van der Waals surface area contributed by atoms with E-state index in [2.05, 4.69) is 35.1 Å². The van der Waals surface area contributed by atoms with Gasteiger partial charge in [0.2, 0.25) is 0 Å². The van der Waals surface area contributed by atoms with Crippen LogP contribution in [-0.2, 0) is 11.3 Å². The van der Waals surface area contributed by atoms with Crippen molar-refractivity contribution in [2.45, 2.75) is 38.3 Å². The van der Waals surface area contributed by atoms with Gasteiger partial charge in [-0.1, -0.05) is 85.7 Å². The van der Waals surface area contributed by atoms with Crippen molar-refractivity contribution in [3.05, 3.63) is 77.9 Å². The number of hydrogen-bond donors (Lipinski definition) is 2. The number of benzene rings is 2. The number of nitrogens with one attached hydrogen (secondary N) is 2. The summed E-state index contributed by atoms with van der Waals surface area (Å²) in [4.78, 5) is 12.0. The fourth-order valence-electron chi connectivity index (χ4n) is 3.32. The summed E-state index contributed by atoms with van der Waals surface area (Å²) >= 11 is 0. The second-order valence-corrected chi connectivity index (χ2v) is 6.67. The number of hydrazine groups is 1. The van der Waals surface area contributed by atoms with Gasteiger partial charge in [-0.3, -0.25) is 5.43 Å². The summed E-state index contributed by atoms with van der Waals surface area (Å²) in [7, 11) is 0. The molecule has 1 saturated carbocycles. The van der Waals surface area contributed by atoms with Gasteiger partial charge in [0.25, 0.3) is 0 Å². The molecular formula is C22H26N2O2. The van der Waals surface area contributed by atoms with Crippen LogP contribution in [0.15, 0.2) is 66.7 Å². The number of amides is 1. The van der Waals surface area contributed by atoms with Crippen molar-refractivity contribution < 1.29 is 9.53 Å². The van der Waals surface area contributed by atoms with Gasteiger partial charge in [-0.2, -0.15) is 0 Å². The molecule has 0 saturated heterocycles. The van der Waals surface area contributed by atoms with Crippen LogP contribution in [0.25, 0.3) is 6.08 Å². The van der Waals surface area contributed by atoms with Gasteiger partial charge in [-0.05, 0) is 29.9 Å². The Morgan fingerprint density at radius 2 is 1.69 bits per heavy atom. The van der Waals surface area contributed by atoms with Crippen LogP contribution in [0.4, 0.5) is 4.79 Å². The molecule has 2 aromatic carbocycles. The average molecular weight is 350 g/mol. The molecular weight excluding hydrogens is 324 g/mol. The van der Waals surface area contributed by atoms with E-state index in [1.807, 2.05) is 48.5 Å². The summed E-state index contributed by atoms with van der Waals surface area (Å²) < 4.78 is 5.27. The minimum Gasteiger partial charge on any atom is -0.444 e. The van der Waals surface area contributed by atoms with Crippen LogP contribution in [0.3, 0.4) is 0 Å². The maximum Gasteiger partial charge on any atom is 0.421 e. The molecule has 4 heteroatoms. The molecule has 3 rings (SSSR count). The first kappa shape index (κ1) is 18.2. The largest absolute Gasteiger partial charge is 0.444 e. The van der Waals surface area contributed by atoms with E-state index in [0.29, 0.717) is 5.92 Å². The van der Waals surface area contributed by atoms with Crippen LogP contribution >= 0.6 is 0 Å². The smallest absolute Gasteiger partial charge is 0.421 e. The number of carbonyl (C=O) groups is 1. The molecule has 0 heterocycles. The Morgan fingerprint density at radius 3 is 2.38 bits per heavy atom. The van der Waals surface area contributed by atoms with Crippen LogP contribution in [-0.4, -0.2) is 12.1 Å². The molecule has 1 amide bonds. The molecule has 0 unspecified atom stereocenters. The maximum atomic E-state index is 12.0. The van der Waals surface area contributed by atoms with Gasteiger partial charge in [0, 0.05) is 6.04 Å². The lowest BCUT2D eigenvalue weighted by Crippen LogP contribution is -2.46. The summed E-state index contributed by atoms with van der Waals surface area (Å²) in [5.41, 5.74) is 7.99. The molecule has 0 aromatic heterocycles. The molecule has 2 aromatic rings. The maximum absolute atomic E-state index is 12.0. The highest BCUT2D eigenvalue weighted by Gasteiger charge is 2.23. The van der Waals surface area contributed by atoms with Gasteiger partial charge in [-0.25, -0.2) is 10.2 Å². The van der Waals surface area contributed by atoms with Crippen molar-refractivity contribution in [3.8, 4) is 0 Å². The van der Waals surface area contributed by atoms with Crippen LogP contribution in [0.5, 0.6) is 0 Å². The highest BCUT2D eigenvalue weighted by atomic mass is 16.6. The van der Waals surface area contributed by atoms with E-state index in [-0.39, 0.29) is 12.6 Å². The number of carbonyl (C=O) groups excluding carboxylic acids is 1. The molecule has 0 aliphatic heterocycles. The summed E-state index contributed by atoms with van der Waals surface area (Å²) in [6.07, 6.45) is 8.65. The lowest BCUT2D eigenvalue weighted by molar-refractivity contribution is 0.132. The Labute approximate surface area is 155 Å². The van der Waals surface area contributed by atoms with Crippen LogP contribution in [0.1, 0.15) is 36.8 Å². The van der Waals surface area contributed by atoms with E-state index in [4.69, 9.17) is 4.74 Å². The SMILES string of the molecule is O=C(NN[C@@H](/C=C/c1ccccc1)C1CCCC1)OCc1ccccc1. The third-order valence-corrected chi connectivity index (χ3v) is 4.76. The predicted molar refractivity (Wildman–Crippen MR) is 104 cm³/mol. The van der Waals surface area contributed by atoms with E-state index in [1.165, 1.54) is 25.7 Å². The highest BCUT2D eigenvalue weighted by molar-refractivity contribution is 5.66. The second kappa shape index (κ2) is 9.78. The molecule has 26 heavy (non-hydrogen) atoms. The Hall–Kier alpha value is -2.59. The summed E-state index contributed by atoms with van der Waals surface area (Å²) in [6.45, 7) is 0.266. The average Bonchev–Trinajstić information content (AvgIpc) is 3.22. The normalized spacial score (nSPS) is 15.8. The number of rotatable bonds is 7. The van der Waals surface area contributed by atoms with E-state index in [1.54, 1.807) is 0 Å². The van der Waals surface area contributed by atoms with Crippen molar-refractivity contribution in [3.63, 3.8) is 0 Å². The van der Waals surface area contributed by atoms with Gasteiger partial charge in [-0.15, -0.1) is 0 Å². The van der Waals surface area contributed by atoms with Crippen molar-refractivity contribution in [2.24, 2.45) is 5.92 Å². The van der Waals surface area contributed by atoms with Crippen LogP contribution in [0.2, 0.25) is 0 Å². The lowest BCUT2D eigenvalue weighted by Gasteiger charge is -2.22. The van der Waals surface area contributed by atoms with Crippen molar-refractivity contribution in [1.29, 1.82) is 0 Å². The summed E-state index contributed by atoms with van der Waals surface area (Å²) in [6, 6.07) is 20.0. The van der Waals surface area contributed by atoms with E-state index in [0.717, 1.165) is 11.1 Å². The Kier molecular flexibility index (Phi) is 6.85. The third-order valence-electron chi connectivity index (χ3n) is 4.76. The minimum absolute atomic E-state index is 0.0991. The Bertz CT molecular complexity index is 695. The zero-order valence-corrected chi connectivity index (χ0v) is 14.9. The minimum atomic E-state index is -0.454. The molecule has 0 radical (unpaired) electrons. The quantitative estimate of drug-likeness (QED) is 0.712. The molecule has 0 bridgehead atoms. The van der Waals surface area contributed by atoms with Gasteiger partial charge in [0.15, 0.2) is 0 Å². The van der Waals surface area contributed by atoms with Gasteiger partial charge in [0.05, 0.1) is 0 Å². The Morgan fingerprint density at radius 1 is 1.04 bits per heavy atom. The first-order valence-electron chi connectivity index (χ1n) is 9.27. The van der Waals surface area contributed by atoms with E-state index >= 15 is 0 Å². The predicted octanol–water partition coefficient (Wildman–Crippen LogP) is 4.69. The fourth-order valence-corrected chi connectivity index (χ4v) is 3.32. The van der Waals surface area contributed by atoms with Crippen LogP contribution in [0, 0.1) is 5.92 Å². The summed E-state index contributed by atoms with van der Waals surface area (Å²) in [5.74, 6) is 0.532. The molecule has 4 nitrogen and oxygen atoms in total. The number of hydrogen-bond acceptors (Lipinski definition) is 3. The molecule has 136 valence electrons. The van der Waals surface area contributed by atoms with Crippen molar-refractivity contribution in [1.82, 2.24) is 10.9 Å². The van der Waals surface area contributed by atoms with Gasteiger partial charge >= 0.3 is 6.09 Å². The van der Waals surface area contributed by atoms with Crippen molar-refractivity contribution >= 4 is 12.2 Å². The highest BCUT2D eigenvalue weighted by Crippen LogP contribution is 2.28. The van der Waals surface area contributed by atoms with Gasteiger partial charge in [0.1, 0.15) is 6.61 Å². The molecule has 1 aliphatic rings. The van der Waals surface area contributed by atoms with Gasteiger partial charge < -0.3 is 4.74 Å². The zero-order valence-electron chi connectivity index (χ0n) is 14.9. The lowest BCUT2D eigenvalue weighted by atomic mass is 9.97. The van der Waals surface area contributed by atoms with Crippen molar-refractivity contribution in [2.75, 3.05) is 0 Å². The molecule has 0 spiro atoms. The molecule has 1 atom stereocenters. The second-order valence-electron chi connectivity index (χ2n) is 6.67. The first-order valence-corrected chi connectivity index (χ1v) is 9.27. The Balaban J connectivity index is 1.52. The first-order chi connectivity index (χ1) is 12.8. The van der Waals surface area contributed by atoms with Crippen LogP contribution < -0.4 is 10.9 Å². The zero-order chi connectivity index (χ0) is 18.0. The monoisotopic (exact) mass is 350 g/mol. The summed E-state index contributed by atoms with van der Waals surface area (Å²) in [5, 5.41) is 0. The van der Waals surface area contributed by atoms with E-state index in [9.17, 15) is 4.79 Å². The number of ether oxygens (including phenoxy) is 1. The van der Waals surface area contributed by atoms with E-state index < -0.39 is 6.09 Å². The third kappa shape index (κ3) is 5.74. The fraction of sp³-hybridized carbons (Fsp3) is 0.318. The standard InChI is InChI=1S/C22H26N2O2/c25-22(26-17-19-11-5-2-6-12-19)24-23-21(20-13-7-8-14-20)16-15-18-9-3-1-4-10-18/h1-6,9-12,15-16,20-21,23H,7-8,13-14,17H2,(H,24,25)/b16-15+/t21-/m0/s1. The molecule has 2 N–H and O–H groups in total. The molecule has 1 fully saturated rings. The topological polar surface area (TPSA) is 50.4 Å².